The molecule has 0 aromatic heterocycles. The van der Waals surface area contributed by atoms with Gasteiger partial charge in [0.25, 0.3) is 5.91 Å². The average molecular weight is 275 g/mol. The van der Waals surface area contributed by atoms with Crippen LogP contribution in [0, 0.1) is 11.8 Å². The van der Waals surface area contributed by atoms with Crippen LogP contribution >= 0.6 is 0 Å². The van der Waals surface area contributed by atoms with Crippen LogP contribution in [0.3, 0.4) is 0 Å². The summed E-state index contributed by atoms with van der Waals surface area (Å²) >= 11 is 0. The molecule has 0 bridgehead atoms. The number of ether oxygens (including phenoxy) is 1. The molecule has 0 heterocycles. The van der Waals surface area contributed by atoms with Crippen LogP contribution in [0.5, 0.6) is 0 Å². The van der Waals surface area contributed by atoms with Gasteiger partial charge in [-0.25, -0.2) is 0 Å². The molecule has 4 heteroatoms. The number of hydrogen-bond donors (Lipinski definition) is 2. The highest BCUT2D eigenvalue weighted by Gasteiger charge is 2.14. The van der Waals surface area contributed by atoms with Crippen LogP contribution in [0.2, 0.25) is 0 Å². The van der Waals surface area contributed by atoms with Crippen molar-refractivity contribution in [1.82, 2.24) is 5.32 Å². The fraction of sp³-hybridized carbons (Fsp3) is 0.438. The number of carbonyl (C=O) groups is 1. The number of methoxy groups -OCH3 is 1. The van der Waals surface area contributed by atoms with Gasteiger partial charge < -0.3 is 15.2 Å². The zero-order valence-corrected chi connectivity index (χ0v) is 12.0. The summed E-state index contributed by atoms with van der Waals surface area (Å²) in [5, 5.41) is 11.7. The minimum atomic E-state index is -0.150. The van der Waals surface area contributed by atoms with E-state index in [9.17, 15) is 4.79 Å². The van der Waals surface area contributed by atoms with Gasteiger partial charge in [-0.3, -0.25) is 4.79 Å². The second-order valence-electron chi connectivity index (χ2n) is 4.35. The Balaban J connectivity index is 2.85. The molecule has 2 N–H and O–H groups in total. The molecule has 1 amide bonds. The Morgan fingerprint density at radius 1 is 1.45 bits per heavy atom. The van der Waals surface area contributed by atoms with Gasteiger partial charge in [-0.1, -0.05) is 30.9 Å². The van der Waals surface area contributed by atoms with E-state index in [1.807, 2.05) is 19.1 Å². The smallest absolute Gasteiger partial charge is 0.252 e. The summed E-state index contributed by atoms with van der Waals surface area (Å²) in [5.41, 5.74) is 1.22. The van der Waals surface area contributed by atoms with Gasteiger partial charge >= 0.3 is 0 Å². The number of rotatable bonds is 6. The van der Waals surface area contributed by atoms with E-state index in [0.29, 0.717) is 24.2 Å². The fourth-order valence-corrected chi connectivity index (χ4v) is 1.73. The molecule has 1 atom stereocenters. The lowest BCUT2D eigenvalue weighted by atomic mass is 10.1. The molecular weight excluding hydrogens is 254 g/mol. The van der Waals surface area contributed by atoms with Gasteiger partial charge in [0.15, 0.2) is 0 Å². The van der Waals surface area contributed by atoms with Gasteiger partial charge in [-0.15, -0.1) is 0 Å². The zero-order valence-electron chi connectivity index (χ0n) is 12.0. The molecule has 0 spiro atoms. The lowest BCUT2D eigenvalue weighted by Gasteiger charge is -2.16. The second-order valence-corrected chi connectivity index (χ2v) is 4.35. The first-order chi connectivity index (χ1) is 9.72. The molecule has 0 saturated carbocycles. The summed E-state index contributed by atoms with van der Waals surface area (Å²) in [5.74, 6) is 5.60. The molecule has 20 heavy (non-hydrogen) atoms. The van der Waals surface area contributed by atoms with Crippen LogP contribution < -0.4 is 5.32 Å². The molecule has 0 saturated heterocycles. The number of nitrogens with one attached hydrogen (secondary N) is 1. The third-order valence-electron chi connectivity index (χ3n) is 2.83. The summed E-state index contributed by atoms with van der Waals surface area (Å²) in [6.07, 6.45) is 1.20. The van der Waals surface area contributed by atoms with E-state index in [1.165, 1.54) is 0 Å². The van der Waals surface area contributed by atoms with E-state index < -0.39 is 0 Å². The topological polar surface area (TPSA) is 58.6 Å². The molecule has 1 aromatic rings. The average Bonchev–Trinajstić information content (AvgIpc) is 2.47. The molecule has 0 fully saturated rings. The summed E-state index contributed by atoms with van der Waals surface area (Å²) in [4.78, 5) is 12.3. The minimum absolute atomic E-state index is 0.00837. The van der Waals surface area contributed by atoms with Crippen LogP contribution in [-0.4, -0.2) is 37.4 Å². The van der Waals surface area contributed by atoms with Gasteiger partial charge in [-0.2, -0.15) is 0 Å². The van der Waals surface area contributed by atoms with Gasteiger partial charge in [0.05, 0.1) is 24.8 Å². The van der Waals surface area contributed by atoms with Crippen molar-refractivity contribution < 1.29 is 14.6 Å². The van der Waals surface area contributed by atoms with E-state index in [4.69, 9.17) is 9.84 Å². The maximum absolute atomic E-state index is 12.3. The van der Waals surface area contributed by atoms with E-state index in [-0.39, 0.29) is 18.6 Å². The Hall–Kier alpha value is -1.83. The Bertz CT molecular complexity index is 488. The molecule has 1 rings (SSSR count). The largest absolute Gasteiger partial charge is 0.395 e. The first-order valence-electron chi connectivity index (χ1n) is 6.71. The molecule has 0 aliphatic heterocycles. The summed E-state index contributed by atoms with van der Waals surface area (Å²) in [6.45, 7) is 2.50. The summed E-state index contributed by atoms with van der Waals surface area (Å²) in [7, 11) is 1.61. The molecule has 108 valence electrons. The number of carbonyl (C=O) groups excluding carboxylic acids is 1. The SMILES string of the molecule is CCC(COC)NC(=O)c1ccccc1C#CCCO. The Morgan fingerprint density at radius 3 is 2.85 bits per heavy atom. The van der Waals surface area contributed by atoms with Crippen LogP contribution in [0.15, 0.2) is 24.3 Å². The van der Waals surface area contributed by atoms with E-state index in [1.54, 1.807) is 19.2 Å². The van der Waals surface area contributed by atoms with E-state index in [2.05, 4.69) is 17.2 Å². The lowest BCUT2D eigenvalue weighted by Crippen LogP contribution is -2.37. The van der Waals surface area contributed by atoms with Gasteiger partial charge in [-0.05, 0) is 18.6 Å². The third kappa shape index (κ3) is 5.04. The fourth-order valence-electron chi connectivity index (χ4n) is 1.73. The van der Waals surface area contributed by atoms with Crippen LogP contribution in [0.25, 0.3) is 0 Å². The summed E-state index contributed by atoms with van der Waals surface area (Å²) < 4.78 is 5.07. The summed E-state index contributed by atoms with van der Waals surface area (Å²) in [6, 6.07) is 7.19. The molecule has 1 unspecified atom stereocenters. The van der Waals surface area contributed by atoms with Crippen molar-refractivity contribution in [2.24, 2.45) is 0 Å². The Kier molecular flexibility index (Phi) is 7.41. The van der Waals surface area contributed by atoms with Crippen LogP contribution in [-0.2, 0) is 4.74 Å². The number of hydrogen-bond acceptors (Lipinski definition) is 3. The van der Waals surface area contributed by atoms with Crippen LogP contribution in [0.1, 0.15) is 35.7 Å². The highest BCUT2D eigenvalue weighted by molar-refractivity contribution is 5.96. The second kappa shape index (κ2) is 9.13. The van der Waals surface area contributed by atoms with Crippen molar-refractivity contribution in [3.05, 3.63) is 35.4 Å². The molecule has 0 radical (unpaired) electrons. The standard InChI is InChI=1S/C16H21NO3/c1-3-14(12-20-2)17-16(19)15-10-5-4-8-13(15)9-6-7-11-18/h4-5,8,10,14,18H,3,7,11-12H2,1-2H3,(H,17,19). The number of amides is 1. The van der Waals surface area contributed by atoms with Crippen molar-refractivity contribution >= 4 is 5.91 Å². The predicted molar refractivity (Wildman–Crippen MR) is 78.4 cm³/mol. The monoisotopic (exact) mass is 275 g/mol. The lowest BCUT2D eigenvalue weighted by molar-refractivity contribution is 0.0894. The van der Waals surface area contributed by atoms with Crippen molar-refractivity contribution in [2.45, 2.75) is 25.8 Å². The van der Waals surface area contributed by atoms with E-state index in [0.717, 1.165) is 6.42 Å². The van der Waals surface area contributed by atoms with Crippen molar-refractivity contribution in [2.75, 3.05) is 20.3 Å². The number of aliphatic hydroxyl groups is 1. The van der Waals surface area contributed by atoms with Crippen molar-refractivity contribution in [3.63, 3.8) is 0 Å². The number of benzene rings is 1. The molecule has 1 aromatic carbocycles. The highest BCUT2D eigenvalue weighted by Crippen LogP contribution is 2.08. The van der Waals surface area contributed by atoms with Gasteiger partial charge in [0.2, 0.25) is 0 Å². The first kappa shape index (κ1) is 16.2. The third-order valence-corrected chi connectivity index (χ3v) is 2.83. The van der Waals surface area contributed by atoms with Crippen molar-refractivity contribution in [3.8, 4) is 11.8 Å². The quantitative estimate of drug-likeness (QED) is 0.775. The first-order valence-corrected chi connectivity index (χ1v) is 6.71. The normalized spacial score (nSPS) is 11.3. The zero-order chi connectivity index (χ0) is 14.8. The Morgan fingerprint density at radius 2 is 2.20 bits per heavy atom. The molecule has 4 nitrogen and oxygen atoms in total. The van der Waals surface area contributed by atoms with Crippen LogP contribution in [0.4, 0.5) is 0 Å². The maximum Gasteiger partial charge on any atom is 0.252 e. The van der Waals surface area contributed by atoms with Crippen molar-refractivity contribution in [1.29, 1.82) is 0 Å². The molecule has 0 aliphatic carbocycles. The molecule has 0 aliphatic rings. The van der Waals surface area contributed by atoms with Gasteiger partial charge in [0, 0.05) is 19.1 Å². The Labute approximate surface area is 120 Å². The highest BCUT2D eigenvalue weighted by atomic mass is 16.5. The predicted octanol–water partition coefficient (Wildman–Crippen LogP) is 1.58. The van der Waals surface area contributed by atoms with Gasteiger partial charge in [0.1, 0.15) is 0 Å². The maximum atomic E-state index is 12.3. The number of aliphatic hydroxyl groups excluding tert-OH is 1. The minimum Gasteiger partial charge on any atom is -0.395 e. The molecular formula is C16H21NO3. The van der Waals surface area contributed by atoms with E-state index >= 15 is 0 Å².